The molecule has 0 aliphatic carbocycles. The lowest BCUT2D eigenvalue weighted by atomic mass is 9.76. The summed E-state index contributed by atoms with van der Waals surface area (Å²) in [7, 11) is 0. The summed E-state index contributed by atoms with van der Waals surface area (Å²) in [6.45, 7) is 5.88. The molecular formula is C12H20N6O3. The Bertz CT molecular complexity index is 515. The number of nitrogens with zero attached hydrogens (tertiary/aromatic N) is 4. The summed E-state index contributed by atoms with van der Waals surface area (Å²) >= 11 is 0. The number of amides is 2. The Morgan fingerprint density at radius 1 is 1.52 bits per heavy atom. The van der Waals surface area contributed by atoms with Crippen molar-refractivity contribution < 1.29 is 14.7 Å². The molecular weight excluding hydrogens is 276 g/mol. The van der Waals surface area contributed by atoms with Crippen LogP contribution in [0, 0.1) is 5.41 Å². The van der Waals surface area contributed by atoms with Crippen molar-refractivity contribution in [1.29, 1.82) is 0 Å². The number of piperidine rings is 1. The zero-order chi connectivity index (χ0) is 15.6. The molecule has 9 heteroatoms. The molecule has 0 aromatic carbocycles. The zero-order valence-corrected chi connectivity index (χ0v) is 12.3. The second-order valence-electron chi connectivity index (χ2n) is 5.97. The molecule has 1 saturated heterocycles. The lowest BCUT2D eigenvalue weighted by molar-refractivity contribution is -0.148. The first-order chi connectivity index (χ1) is 9.83. The molecule has 1 fully saturated rings. The van der Waals surface area contributed by atoms with E-state index in [1.807, 2.05) is 13.8 Å². The Morgan fingerprint density at radius 2 is 2.24 bits per heavy atom. The predicted molar refractivity (Wildman–Crippen MR) is 72.3 cm³/mol. The number of rotatable bonds is 3. The van der Waals surface area contributed by atoms with Crippen molar-refractivity contribution in [2.45, 2.75) is 45.7 Å². The van der Waals surface area contributed by atoms with Gasteiger partial charge in [-0.1, -0.05) is 19.1 Å². The van der Waals surface area contributed by atoms with Crippen LogP contribution in [0.5, 0.6) is 0 Å². The van der Waals surface area contributed by atoms with Crippen LogP contribution in [0.2, 0.25) is 0 Å². The van der Waals surface area contributed by atoms with E-state index in [-0.39, 0.29) is 0 Å². The third kappa shape index (κ3) is 3.11. The van der Waals surface area contributed by atoms with Gasteiger partial charge < -0.3 is 15.3 Å². The number of aliphatic carboxylic acids is 1. The van der Waals surface area contributed by atoms with Gasteiger partial charge in [0.2, 0.25) is 0 Å². The van der Waals surface area contributed by atoms with E-state index >= 15 is 0 Å². The molecule has 0 saturated carbocycles. The van der Waals surface area contributed by atoms with Crippen LogP contribution in [-0.2, 0) is 4.79 Å². The highest BCUT2D eigenvalue weighted by Gasteiger charge is 2.44. The summed E-state index contributed by atoms with van der Waals surface area (Å²) in [5, 5.41) is 25.5. The molecule has 21 heavy (non-hydrogen) atoms. The number of nitrogens with one attached hydrogen (secondary N) is 2. The fraction of sp³-hybridized carbons (Fsp3) is 0.750. The van der Waals surface area contributed by atoms with Gasteiger partial charge in [-0.3, -0.25) is 0 Å². The highest BCUT2D eigenvalue weighted by atomic mass is 16.4. The predicted octanol–water partition coefficient (Wildman–Crippen LogP) is 0.545. The monoisotopic (exact) mass is 296 g/mol. The smallest absolute Gasteiger partial charge is 0.327 e. The Morgan fingerprint density at radius 3 is 2.81 bits per heavy atom. The first-order valence-corrected chi connectivity index (χ1v) is 6.86. The number of aromatic nitrogens is 4. The Hall–Kier alpha value is -2.19. The van der Waals surface area contributed by atoms with Gasteiger partial charge in [-0.2, -0.15) is 5.21 Å². The molecule has 116 valence electrons. The quantitative estimate of drug-likeness (QED) is 0.748. The van der Waals surface area contributed by atoms with Gasteiger partial charge in [0, 0.05) is 6.54 Å². The lowest BCUT2D eigenvalue weighted by Crippen LogP contribution is -2.58. The minimum Gasteiger partial charge on any atom is -0.480 e. The topological polar surface area (TPSA) is 124 Å². The fourth-order valence-electron chi connectivity index (χ4n) is 2.76. The van der Waals surface area contributed by atoms with E-state index in [1.165, 1.54) is 4.90 Å². The number of tetrazole rings is 1. The number of hydrogen-bond acceptors (Lipinski definition) is 5. The number of urea groups is 1. The molecule has 2 amide bonds. The minimum absolute atomic E-state index is 0.353. The second kappa shape index (κ2) is 5.66. The number of aromatic amines is 1. The molecule has 3 N–H and O–H groups in total. The van der Waals surface area contributed by atoms with E-state index in [0.717, 1.165) is 12.8 Å². The standard InChI is InChI=1S/C12H20N6O3/c1-7(9-14-16-17-15-9)13-11(21)18-6-4-5-12(2,3)8(18)10(19)20/h7-8H,4-6H2,1-3H3,(H,13,21)(H,19,20)(H,14,15,16,17). The maximum absolute atomic E-state index is 12.4. The van der Waals surface area contributed by atoms with E-state index < -0.39 is 29.5 Å². The molecule has 0 bridgehead atoms. The van der Waals surface area contributed by atoms with Crippen molar-refractivity contribution in [3.63, 3.8) is 0 Å². The van der Waals surface area contributed by atoms with Crippen LogP contribution in [0.1, 0.15) is 45.5 Å². The molecule has 9 nitrogen and oxygen atoms in total. The normalized spacial score (nSPS) is 22.6. The van der Waals surface area contributed by atoms with Crippen molar-refractivity contribution in [3.05, 3.63) is 5.82 Å². The molecule has 0 radical (unpaired) electrons. The highest BCUT2D eigenvalue weighted by Crippen LogP contribution is 2.35. The summed E-state index contributed by atoms with van der Waals surface area (Å²) in [5.41, 5.74) is -0.462. The highest BCUT2D eigenvalue weighted by molar-refractivity contribution is 5.83. The maximum Gasteiger partial charge on any atom is 0.327 e. The average molecular weight is 296 g/mol. The molecule has 2 heterocycles. The zero-order valence-electron chi connectivity index (χ0n) is 12.3. The third-order valence-electron chi connectivity index (χ3n) is 3.86. The van der Waals surface area contributed by atoms with Crippen LogP contribution in [0.4, 0.5) is 4.79 Å². The number of H-pyrrole nitrogens is 1. The van der Waals surface area contributed by atoms with E-state index in [2.05, 4.69) is 25.9 Å². The number of hydrogen-bond donors (Lipinski definition) is 3. The van der Waals surface area contributed by atoms with Crippen LogP contribution < -0.4 is 5.32 Å². The van der Waals surface area contributed by atoms with Crippen LogP contribution in [0.25, 0.3) is 0 Å². The van der Waals surface area contributed by atoms with E-state index in [1.54, 1.807) is 6.92 Å². The molecule has 1 aromatic rings. The van der Waals surface area contributed by atoms with E-state index in [0.29, 0.717) is 12.4 Å². The van der Waals surface area contributed by atoms with Gasteiger partial charge in [0.1, 0.15) is 6.04 Å². The molecule has 1 aliphatic rings. The minimum atomic E-state index is -0.984. The van der Waals surface area contributed by atoms with Gasteiger partial charge in [-0.15, -0.1) is 10.2 Å². The number of likely N-dealkylation sites (tertiary alicyclic amines) is 1. The number of carboxylic acid groups (broad SMARTS) is 1. The molecule has 0 spiro atoms. The number of carbonyl (C=O) groups is 2. The van der Waals surface area contributed by atoms with Crippen molar-refractivity contribution in [1.82, 2.24) is 30.8 Å². The van der Waals surface area contributed by atoms with E-state index in [4.69, 9.17) is 0 Å². The number of carboxylic acids is 1. The van der Waals surface area contributed by atoms with E-state index in [9.17, 15) is 14.7 Å². The van der Waals surface area contributed by atoms with Crippen LogP contribution in [0.3, 0.4) is 0 Å². The molecule has 1 aromatic heterocycles. The summed E-state index contributed by atoms with van der Waals surface area (Å²) in [6, 6.07) is -1.72. The largest absolute Gasteiger partial charge is 0.480 e. The number of carbonyl (C=O) groups excluding carboxylic acids is 1. The maximum atomic E-state index is 12.4. The van der Waals surface area contributed by atoms with Gasteiger partial charge in [0.05, 0.1) is 6.04 Å². The van der Waals surface area contributed by atoms with Gasteiger partial charge in [-0.25, -0.2) is 9.59 Å². The molecule has 2 rings (SSSR count). The molecule has 2 unspecified atom stereocenters. The summed E-state index contributed by atoms with van der Waals surface area (Å²) < 4.78 is 0. The lowest BCUT2D eigenvalue weighted by Gasteiger charge is -2.44. The Labute approximate surface area is 122 Å². The van der Waals surface area contributed by atoms with Gasteiger partial charge in [0.25, 0.3) is 0 Å². The van der Waals surface area contributed by atoms with Crippen LogP contribution in [0.15, 0.2) is 0 Å². The van der Waals surface area contributed by atoms with Gasteiger partial charge in [-0.05, 0) is 25.2 Å². The van der Waals surface area contributed by atoms with Gasteiger partial charge >= 0.3 is 12.0 Å². The van der Waals surface area contributed by atoms with Crippen molar-refractivity contribution in [3.8, 4) is 0 Å². The van der Waals surface area contributed by atoms with Crippen LogP contribution in [-0.4, -0.2) is 55.2 Å². The van der Waals surface area contributed by atoms with Crippen molar-refractivity contribution >= 4 is 12.0 Å². The van der Waals surface area contributed by atoms with Crippen molar-refractivity contribution in [2.75, 3.05) is 6.54 Å². The first kappa shape index (κ1) is 15.2. The molecule has 1 aliphatic heterocycles. The first-order valence-electron chi connectivity index (χ1n) is 6.86. The third-order valence-corrected chi connectivity index (χ3v) is 3.86. The van der Waals surface area contributed by atoms with Crippen LogP contribution >= 0.6 is 0 Å². The Kier molecular flexibility index (Phi) is 4.10. The Balaban J connectivity index is 2.11. The fourth-order valence-corrected chi connectivity index (χ4v) is 2.76. The average Bonchev–Trinajstić information content (AvgIpc) is 2.90. The van der Waals surface area contributed by atoms with Crippen molar-refractivity contribution in [2.24, 2.45) is 5.41 Å². The summed E-state index contributed by atoms with van der Waals surface area (Å²) in [6.07, 6.45) is 1.55. The molecule has 2 atom stereocenters. The SMILES string of the molecule is CC(NC(=O)N1CCCC(C)(C)C1C(=O)O)c1nn[nH]n1. The summed E-state index contributed by atoms with van der Waals surface area (Å²) in [4.78, 5) is 25.3. The second-order valence-corrected chi connectivity index (χ2v) is 5.97. The summed E-state index contributed by atoms with van der Waals surface area (Å²) in [5.74, 6) is -0.631. The van der Waals surface area contributed by atoms with Gasteiger partial charge in [0.15, 0.2) is 5.82 Å².